The summed E-state index contributed by atoms with van der Waals surface area (Å²) in [4.78, 5) is 19.5. The monoisotopic (exact) mass is 516 g/mol. The lowest BCUT2D eigenvalue weighted by Crippen LogP contribution is -2.48. The van der Waals surface area contributed by atoms with E-state index < -0.39 is 0 Å². The highest BCUT2D eigenvalue weighted by Crippen LogP contribution is 2.62. The number of amides is 1. The molecule has 6 aliphatic rings. The van der Waals surface area contributed by atoms with E-state index in [1.54, 1.807) is 12.1 Å². The van der Waals surface area contributed by atoms with Crippen LogP contribution in [0.4, 0.5) is 0 Å². The third-order valence-electron chi connectivity index (χ3n) is 9.14. The molecular weight excluding hydrogens is 484 g/mol. The van der Waals surface area contributed by atoms with Crippen molar-refractivity contribution in [2.24, 2.45) is 22.7 Å². The average molecular weight is 517 g/mol. The van der Waals surface area contributed by atoms with Crippen LogP contribution < -0.4 is 0 Å². The van der Waals surface area contributed by atoms with E-state index in [4.69, 9.17) is 4.74 Å². The number of aromatic hydroxyl groups is 2. The van der Waals surface area contributed by atoms with E-state index in [0.717, 1.165) is 47.5 Å². The van der Waals surface area contributed by atoms with Crippen LogP contribution in [0.25, 0.3) is 17.2 Å². The van der Waals surface area contributed by atoms with Gasteiger partial charge < -0.3 is 19.8 Å². The largest absolute Gasteiger partial charge is 0.508 e. The fourth-order valence-electron chi connectivity index (χ4n) is 7.86. The molecule has 0 spiro atoms. The first-order valence-corrected chi connectivity index (χ1v) is 14.3. The number of amidine groups is 1. The number of thioether (sulfide) groups is 1. The third-order valence-corrected chi connectivity index (χ3v) is 10.2. The van der Waals surface area contributed by atoms with Crippen molar-refractivity contribution in [1.29, 1.82) is 0 Å². The summed E-state index contributed by atoms with van der Waals surface area (Å²) >= 11 is 1.35. The molecule has 37 heavy (non-hydrogen) atoms. The van der Waals surface area contributed by atoms with Gasteiger partial charge in [0.1, 0.15) is 11.5 Å². The van der Waals surface area contributed by atoms with E-state index >= 15 is 0 Å². The van der Waals surface area contributed by atoms with Crippen molar-refractivity contribution in [3.63, 3.8) is 0 Å². The summed E-state index contributed by atoms with van der Waals surface area (Å²) in [6.07, 6.45) is 9.40. The number of aliphatic imine (C=N–C) groups is 1. The molecule has 2 heterocycles. The van der Waals surface area contributed by atoms with E-state index in [2.05, 4.69) is 16.0 Å². The number of hydrogen-bond donors (Lipinski definition) is 2. The summed E-state index contributed by atoms with van der Waals surface area (Å²) in [5.41, 5.74) is 3.77. The molecule has 2 aromatic rings. The minimum absolute atomic E-state index is 0.0940. The molecule has 4 saturated carbocycles. The standard InChI is InChI=1S/C30H32N2O4S/c33-25-3-1-21(12-23(25)14-27-28(35)31-29(37-27)32-5-7-36-8-6-32)22-2-4-26(34)24(13-22)30-15-18-9-19(16-30)11-20(10-18)17-30/h1-4,12-14,18-20,33-34H,5-11,15-17H2/b27-14+. The Bertz CT molecular complexity index is 1290. The number of hydrogen-bond acceptors (Lipinski definition) is 6. The van der Waals surface area contributed by atoms with Gasteiger partial charge in [-0.25, -0.2) is 0 Å². The highest BCUT2D eigenvalue weighted by molar-refractivity contribution is 8.18. The summed E-state index contributed by atoms with van der Waals surface area (Å²) < 4.78 is 5.41. The Morgan fingerprint density at radius 1 is 0.919 bits per heavy atom. The van der Waals surface area contributed by atoms with Crippen molar-refractivity contribution in [2.75, 3.05) is 26.3 Å². The normalized spacial score (nSPS) is 31.8. The van der Waals surface area contributed by atoms with Gasteiger partial charge in [-0.1, -0.05) is 12.1 Å². The number of morpholine rings is 1. The van der Waals surface area contributed by atoms with E-state index in [-0.39, 0.29) is 17.1 Å². The van der Waals surface area contributed by atoms with E-state index in [1.807, 2.05) is 24.3 Å². The van der Waals surface area contributed by atoms with Crippen molar-refractivity contribution >= 4 is 28.9 Å². The summed E-state index contributed by atoms with van der Waals surface area (Å²) in [5, 5.41) is 22.3. The van der Waals surface area contributed by atoms with Gasteiger partial charge in [0.2, 0.25) is 0 Å². The molecule has 2 N–H and O–H groups in total. The topological polar surface area (TPSA) is 82.4 Å². The molecule has 8 rings (SSSR count). The van der Waals surface area contributed by atoms with Crippen LogP contribution in [0.2, 0.25) is 0 Å². The molecule has 4 aliphatic carbocycles. The maximum absolute atomic E-state index is 12.6. The van der Waals surface area contributed by atoms with Crippen LogP contribution in [0.5, 0.6) is 11.5 Å². The molecule has 4 bridgehead atoms. The predicted octanol–water partition coefficient (Wildman–Crippen LogP) is 5.54. The molecule has 2 aromatic carbocycles. The van der Waals surface area contributed by atoms with Crippen LogP contribution in [0, 0.1) is 17.8 Å². The van der Waals surface area contributed by atoms with Crippen molar-refractivity contribution in [1.82, 2.24) is 4.90 Å². The quantitative estimate of drug-likeness (QED) is 0.522. The van der Waals surface area contributed by atoms with Gasteiger partial charge in [0.15, 0.2) is 5.17 Å². The Morgan fingerprint density at radius 2 is 1.54 bits per heavy atom. The zero-order valence-electron chi connectivity index (χ0n) is 20.9. The lowest BCUT2D eigenvalue weighted by atomic mass is 9.48. The van der Waals surface area contributed by atoms with Crippen LogP contribution in [0.15, 0.2) is 46.3 Å². The van der Waals surface area contributed by atoms with Crippen LogP contribution in [0.3, 0.4) is 0 Å². The second-order valence-electron chi connectivity index (χ2n) is 11.6. The van der Waals surface area contributed by atoms with Gasteiger partial charge in [0.05, 0.1) is 18.1 Å². The SMILES string of the molecule is O=C1N=C(N2CCOCC2)S/C1=C/c1cc(-c2ccc(O)c(C34CC5CC(CC(C5)C3)C4)c2)ccc1O. The zero-order chi connectivity index (χ0) is 25.1. The number of ether oxygens (including phenoxy) is 1. The zero-order valence-corrected chi connectivity index (χ0v) is 21.7. The van der Waals surface area contributed by atoms with Gasteiger partial charge in [-0.15, -0.1) is 0 Å². The Kier molecular flexibility index (Phi) is 5.63. The smallest absolute Gasteiger partial charge is 0.286 e. The molecule has 2 aliphatic heterocycles. The van der Waals surface area contributed by atoms with Crippen molar-refractivity contribution < 1.29 is 19.7 Å². The number of benzene rings is 2. The number of rotatable bonds is 3. The lowest BCUT2D eigenvalue weighted by Gasteiger charge is -2.57. The fraction of sp³-hybridized carbons (Fsp3) is 0.467. The van der Waals surface area contributed by atoms with Gasteiger partial charge in [0.25, 0.3) is 5.91 Å². The molecule has 0 aromatic heterocycles. The Morgan fingerprint density at radius 3 is 2.22 bits per heavy atom. The van der Waals surface area contributed by atoms with Gasteiger partial charge in [-0.05, 0) is 115 Å². The van der Waals surface area contributed by atoms with Crippen LogP contribution in [-0.2, 0) is 14.9 Å². The summed E-state index contributed by atoms with van der Waals surface area (Å²) in [6, 6.07) is 11.5. The second kappa shape index (κ2) is 8.91. The maximum Gasteiger partial charge on any atom is 0.286 e. The first-order valence-electron chi connectivity index (χ1n) is 13.5. The number of phenols is 2. The number of carbonyl (C=O) groups excluding carboxylic acids is 1. The first kappa shape index (κ1) is 23.4. The van der Waals surface area contributed by atoms with Crippen LogP contribution in [-0.4, -0.2) is 52.5 Å². The summed E-state index contributed by atoms with van der Waals surface area (Å²) in [7, 11) is 0. The molecule has 6 nitrogen and oxygen atoms in total. The summed E-state index contributed by atoms with van der Waals surface area (Å²) in [5.74, 6) is 2.66. The van der Waals surface area contributed by atoms with Crippen molar-refractivity contribution in [2.45, 2.75) is 43.9 Å². The van der Waals surface area contributed by atoms with Gasteiger partial charge >= 0.3 is 0 Å². The summed E-state index contributed by atoms with van der Waals surface area (Å²) in [6.45, 7) is 2.71. The van der Waals surface area contributed by atoms with Gasteiger partial charge in [-0.2, -0.15) is 4.99 Å². The highest BCUT2D eigenvalue weighted by Gasteiger charge is 2.52. The minimum atomic E-state index is -0.273. The van der Waals surface area contributed by atoms with E-state index in [1.165, 1.54) is 50.3 Å². The second-order valence-corrected chi connectivity index (χ2v) is 12.6. The minimum Gasteiger partial charge on any atom is -0.508 e. The highest BCUT2D eigenvalue weighted by atomic mass is 32.2. The van der Waals surface area contributed by atoms with Gasteiger partial charge in [0, 0.05) is 24.2 Å². The van der Waals surface area contributed by atoms with Crippen LogP contribution in [0.1, 0.15) is 49.7 Å². The third kappa shape index (κ3) is 4.16. The molecule has 0 atom stereocenters. The lowest BCUT2D eigenvalue weighted by molar-refractivity contribution is -0.113. The van der Waals surface area contributed by atoms with Crippen molar-refractivity contribution in [3.8, 4) is 22.6 Å². The molecule has 0 unspecified atom stereocenters. The number of phenolic OH excluding ortho intramolecular Hbond substituents is 2. The fourth-order valence-corrected chi connectivity index (χ4v) is 8.82. The molecule has 7 heteroatoms. The molecular formula is C30H32N2O4S. The molecule has 192 valence electrons. The van der Waals surface area contributed by atoms with Crippen LogP contribution >= 0.6 is 11.8 Å². The molecule has 1 amide bonds. The van der Waals surface area contributed by atoms with Crippen molar-refractivity contribution in [3.05, 3.63) is 52.4 Å². The predicted molar refractivity (Wildman–Crippen MR) is 145 cm³/mol. The number of carbonyl (C=O) groups is 1. The van der Waals surface area contributed by atoms with Gasteiger partial charge in [-0.3, -0.25) is 4.79 Å². The molecule has 0 radical (unpaired) electrons. The first-order chi connectivity index (χ1) is 18.0. The Hall–Kier alpha value is -2.77. The average Bonchev–Trinajstić information content (AvgIpc) is 3.25. The van der Waals surface area contributed by atoms with E-state index in [0.29, 0.717) is 34.6 Å². The number of nitrogens with zero attached hydrogens (tertiary/aromatic N) is 2. The molecule has 5 fully saturated rings. The molecule has 1 saturated heterocycles. The Labute approximate surface area is 221 Å². The Balaban J connectivity index is 1.19. The maximum atomic E-state index is 12.6. The van der Waals surface area contributed by atoms with E-state index in [9.17, 15) is 15.0 Å².